The Bertz CT molecular complexity index is 945. The molecule has 0 aliphatic heterocycles. The first kappa shape index (κ1) is 20.3. The summed E-state index contributed by atoms with van der Waals surface area (Å²) in [7, 11) is 0. The lowest BCUT2D eigenvalue weighted by molar-refractivity contribution is -0.155. The Morgan fingerprint density at radius 2 is 1.60 bits per heavy atom. The number of fused-ring (bicyclic) bond motifs is 2. The summed E-state index contributed by atoms with van der Waals surface area (Å²) < 4.78 is 5.63. The van der Waals surface area contributed by atoms with Gasteiger partial charge in [0.1, 0.15) is 6.10 Å². The maximum atomic E-state index is 13.6. The maximum Gasteiger partial charge on any atom is 0.306 e. The van der Waals surface area contributed by atoms with Crippen molar-refractivity contribution < 1.29 is 24.2 Å². The van der Waals surface area contributed by atoms with Crippen LogP contribution in [-0.4, -0.2) is 34.5 Å². The molecule has 30 heavy (non-hydrogen) atoms. The van der Waals surface area contributed by atoms with Crippen molar-refractivity contribution in [3.05, 3.63) is 71.8 Å². The summed E-state index contributed by atoms with van der Waals surface area (Å²) in [6.45, 7) is 0. The van der Waals surface area contributed by atoms with E-state index in [4.69, 9.17) is 15.6 Å². The van der Waals surface area contributed by atoms with Gasteiger partial charge in [-0.15, -0.1) is 0 Å². The highest BCUT2D eigenvalue weighted by Crippen LogP contribution is 2.59. The summed E-state index contributed by atoms with van der Waals surface area (Å²) >= 11 is 0. The second-order valence-electron chi connectivity index (χ2n) is 8.28. The van der Waals surface area contributed by atoms with Crippen LogP contribution in [0.4, 0.5) is 0 Å². The van der Waals surface area contributed by atoms with Crippen LogP contribution >= 0.6 is 0 Å². The Morgan fingerprint density at radius 3 is 2.23 bits per heavy atom. The molecule has 2 bridgehead atoms. The summed E-state index contributed by atoms with van der Waals surface area (Å²) in [5.41, 5.74) is 7.32. The van der Waals surface area contributed by atoms with Gasteiger partial charge in [0.15, 0.2) is 5.78 Å². The number of rotatable bonds is 7. The Labute approximate surface area is 175 Å². The van der Waals surface area contributed by atoms with Gasteiger partial charge in [-0.2, -0.15) is 0 Å². The van der Waals surface area contributed by atoms with Crippen molar-refractivity contribution in [2.24, 2.45) is 17.6 Å². The number of hydrogen-bond donors (Lipinski definition) is 2. The van der Waals surface area contributed by atoms with Crippen LogP contribution in [0.5, 0.6) is 0 Å². The third-order valence-electron chi connectivity index (χ3n) is 6.55. The number of ether oxygens (including phenoxy) is 1. The number of carbonyl (C=O) groups excluding carboxylic acids is 2. The van der Waals surface area contributed by atoms with Crippen LogP contribution in [0.15, 0.2) is 60.7 Å². The van der Waals surface area contributed by atoms with Gasteiger partial charge in [0.2, 0.25) is 0 Å². The molecule has 2 saturated carbocycles. The second kappa shape index (κ2) is 8.03. The Balaban J connectivity index is 1.65. The van der Waals surface area contributed by atoms with Gasteiger partial charge in [0.25, 0.3) is 0 Å². The van der Waals surface area contributed by atoms with Gasteiger partial charge in [0.05, 0.1) is 18.4 Å². The van der Waals surface area contributed by atoms with E-state index in [0.29, 0.717) is 18.4 Å². The average molecular weight is 407 g/mol. The number of carboxylic acid groups (broad SMARTS) is 1. The molecule has 6 heteroatoms. The van der Waals surface area contributed by atoms with E-state index in [1.165, 1.54) is 0 Å². The Kier molecular flexibility index (Phi) is 5.43. The zero-order chi connectivity index (χ0) is 21.3. The van der Waals surface area contributed by atoms with Crippen LogP contribution in [0.3, 0.4) is 0 Å². The highest BCUT2D eigenvalue weighted by Gasteiger charge is 2.64. The molecule has 6 nitrogen and oxygen atoms in total. The largest absolute Gasteiger partial charge is 0.481 e. The minimum Gasteiger partial charge on any atom is -0.481 e. The molecule has 2 fully saturated rings. The van der Waals surface area contributed by atoms with E-state index < -0.39 is 23.6 Å². The first-order valence-corrected chi connectivity index (χ1v) is 10.3. The number of carboxylic acids is 1. The number of nitrogens with two attached hydrogens (primary N) is 1. The van der Waals surface area contributed by atoms with Crippen LogP contribution in [-0.2, 0) is 14.3 Å². The number of hydrogen-bond acceptors (Lipinski definition) is 5. The fourth-order valence-electron chi connectivity index (χ4n) is 5.36. The van der Waals surface area contributed by atoms with Crippen LogP contribution in [0.1, 0.15) is 47.5 Å². The molecule has 0 unspecified atom stereocenters. The van der Waals surface area contributed by atoms with E-state index in [9.17, 15) is 14.4 Å². The zero-order valence-corrected chi connectivity index (χ0v) is 16.6. The number of benzene rings is 2. The normalized spacial score (nSPS) is 29.5. The third-order valence-corrected chi connectivity index (χ3v) is 6.55. The molecule has 2 aliphatic rings. The first-order chi connectivity index (χ1) is 14.4. The summed E-state index contributed by atoms with van der Waals surface area (Å²) in [6.07, 6.45) is 0.391. The predicted molar refractivity (Wildman–Crippen MR) is 110 cm³/mol. The third kappa shape index (κ3) is 3.52. The lowest BCUT2D eigenvalue weighted by Crippen LogP contribution is -2.60. The number of Topliss-reactive ketones (excluding diaryl/α,β-unsaturated/α-hetero) is 1. The van der Waals surface area contributed by atoms with Crippen LogP contribution in [0.25, 0.3) is 0 Å². The van der Waals surface area contributed by atoms with E-state index in [0.717, 1.165) is 5.56 Å². The maximum absolute atomic E-state index is 13.6. The summed E-state index contributed by atoms with van der Waals surface area (Å²) in [6, 6.07) is 18.8. The molecule has 0 spiro atoms. The minimum atomic E-state index is -1.19. The quantitative estimate of drug-likeness (QED) is 0.539. The second-order valence-corrected chi connectivity index (χ2v) is 8.28. The molecule has 2 aromatic carbocycles. The van der Waals surface area contributed by atoms with Gasteiger partial charge in [0, 0.05) is 17.4 Å². The van der Waals surface area contributed by atoms with Crippen molar-refractivity contribution in [2.75, 3.05) is 0 Å². The molecule has 0 heterocycles. The van der Waals surface area contributed by atoms with E-state index in [2.05, 4.69) is 0 Å². The Hall–Kier alpha value is -2.99. The van der Waals surface area contributed by atoms with Crippen molar-refractivity contribution in [1.82, 2.24) is 0 Å². The molecule has 156 valence electrons. The average Bonchev–Trinajstić information content (AvgIpc) is 3.29. The van der Waals surface area contributed by atoms with Crippen molar-refractivity contribution in [3.8, 4) is 0 Å². The monoisotopic (exact) mass is 407 g/mol. The van der Waals surface area contributed by atoms with Crippen molar-refractivity contribution >= 4 is 17.7 Å². The smallest absolute Gasteiger partial charge is 0.306 e. The molecule has 4 rings (SSSR count). The summed E-state index contributed by atoms with van der Waals surface area (Å²) in [4.78, 5) is 36.6. The van der Waals surface area contributed by atoms with Crippen molar-refractivity contribution in [1.29, 1.82) is 0 Å². The van der Waals surface area contributed by atoms with Gasteiger partial charge in [-0.05, 0) is 24.3 Å². The first-order valence-electron chi connectivity index (χ1n) is 10.3. The van der Waals surface area contributed by atoms with Crippen LogP contribution in [0.2, 0.25) is 0 Å². The van der Waals surface area contributed by atoms with Crippen molar-refractivity contribution in [2.45, 2.75) is 43.2 Å². The fraction of sp³-hybridized carbons (Fsp3) is 0.375. The lowest BCUT2D eigenvalue weighted by Gasteiger charge is -2.43. The molecule has 0 radical (unpaired) electrons. The summed E-state index contributed by atoms with van der Waals surface area (Å²) in [5, 5.41) is 8.80. The van der Waals surface area contributed by atoms with Gasteiger partial charge in [-0.1, -0.05) is 60.7 Å². The number of esters is 1. The zero-order valence-electron chi connectivity index (χ0n) is 16.6. The number of ketones is 1. The van der Waals surface area contributed by atoms with Gasteiger partial charge in [-0.25, -0.2) is 0 Å². The molecule has 3 N–H and O–H groups in total. The van der Waals surface area contributed by atoms with Gasteiger partial charge >= 0.3 is 11.9 Å². The van der Waals surface area contributed by atoms with Crippen LogP contribution < -0.4 is 5.73 Å². The SMILES string of the molecule is N[C@@]1(C(=O)c2ccccc2)[C@@H]2C[C@@H](C[C@H]2OC(=O)CCC(=O)O)[C@@H]1c1ccccc1. The summed E-state index contributed by atoms with van der Waals surface area (Å²) in [5.74, 6) is -2.10. The molecule has 2 aromatic rings. The van der Waals surface area contributed by atoms with Gasteiger partial charge in [-0.3, -0.25) is 14.4 Å². The molecule has 0 aromatic heterocycles. The predicted octanol–water partition coefficient (Wildman–Crippen LogP) is 3.17. The van der Waals surface area contributed by atoms with E-state index in [-0.39, 0.29) is 36.4 Å². The Morgan fingerprint density at radius 1 is 0.967 bits per heavy atom. The molecule has 0 amide bonds. The molecular weight excluding hydrogens is 382 g/mol. The molecule has 5 atom stereocenters. The number of carbonyl (C=O) groups is 3. The fourth-order valence-corrected chi connectivity index (χ4v) is 5.36. The van der Waals surface area contributed by atoms with Gasteiger partial charge < -0.3 is 15.6 Å². The van der Waals surface area contributed by atoms with Crippen molar-refractivity contribution in [3.63, 3.8) is 0 Å². The van der Waals surface area contributed by atoms with E-state index >= 15 is 0 Å². The minimum absolute atomic E-state index is 0.118. The van der Waals surface area contributed by atoms with Crippen LogP contribution in [0, 0.1) is 11.8 Å². The molecule has 2 aliphatic carbocycles. The van der Waals surface area contributed by atoms with E-state index in [1.54, 1.807) is 12.1 Å². The lowest BCUT2D eigenvalue weighted by atomic mass is 9.66. The van der Waals surface area contributed by atoms with E-state index in [1.807, 2.05) is 48.5 Å². The molecule has 0 saturated heterocycles. The highest BCUT2D eigenvalue weighted by molar-refractivity contribution is 6.04. The topological polar surface area (TPSA) is 107 Å². The molecular formula is C24H25NO5. The highest BCUT2D eigenvalue weighted by atomic mass is 16.5. The standard InChI is InChI=1S/C24H25NO5/c25-24(23(29)16-9-5-2-6-10-16)18-13-17(22(24)15-7-3-1-4-8-15)14-19(18)30-21(28)12-11-20(26)27/h1-10,17-19,22H,11-14,25H2,(H,26,27)/t17-,18+,19+,22-,24-/m0/s1. The number of aliphatic carboxylic acids is 1.